The number of hydrogen-bond acceptors (Lipinski definition) is 0. The first-order valence-corrected chi connectivity index (χ1v) is 6.20. The Morgan fingerprint density at radius 3 is 2.06 bits per heavy atom. The summed E-state index contributed by atoms with van der Waals surface area (Å²) in [5.41, 5.74) is 6.55. The summed E-state index contributed by atoms with van der Waals surface area (Å²) in [6, 6.07) is 13.1. The van der Waals surface area contributed by atoms with Crippen molar-refractivity contribution >= 4 is 15.9 Å². The van der Waals surface area contributed by atoms with E-state index in [4.69, 9.17) is 0 Å². The number of halogens is 1. The molecule has 0 aliphatic carbocycles. The maximum Gasteiger partial charge on any atom is 0.0181 e. The van der Waals surface area contributed by atoms with Crippen LogP contribution in [0.5, 0.6) is 0 Å². The second-order valence-corrected chi connectivity index (χ2v) is 5.25. The third-order valence-corrected chi connectivity index (χ3v) is 3.23. The molecular weight excluding hydrogens is 260 g/mol. The number of aryl methyl sites for hydroxylation is 3. The maximum atomic E-state index is 3.53. The summed E-state index contributed by atoms with van der Waals surface area (Å²) in [7, 11) is 0. The van der Waals surface area contributed by atoms with Crippen LogP contribution >= 0.6 is 15.9 Å². The molecular formula is C15H15Br. The lowest BCUT2D eigenvalue weighted by Crippen LogP contribution is -1.86. The highest BCUT2D eigenvalue weighted by Crippen LogP contribution is 2.28. The van der Waals surface area contributed by atoms with E-state index in [1.54, 1.807) is 0 Å². The molecule has 0 saturated carbocycles. The van der Waals surface area contributed by atoms with Crippen LogP contribution in [0.2, 0.25) is 0 Å². The second-order valence-electron chi connectivity index (χ2n) is 4.34. The van der Waals surface area contributed by atoms with Gasteiger partial charge in [-0.2, -0.15) is 0 Å². The van der Waals surface area contributed by atoms with Gasteiger partial charge in [0.25, 0.3) is 0 Å². The normalized spacial score (nSPS) is 10.5. The van der Waals surface area contributed by atoms with Gasteiger partial charge in [0.1, 0.15) is 0 Å². The molecule has 0 N–H and O–H groups in total. The molecule has 0 heterocycles. The minimum Gasteiger partial charge on any atom is -0.0576 e. The zero-order chi connectivity index (χ0) is 11.7. The SMILES string of the molecule is Cc1cc(C)cc(-c2cc(Br)ccc2C)c1. The lowest BCUT2D eigenvalue weighted by atomic mass is 9.97. The van der Waals surface area contributed by atoms with Crippen LogP contribution in [-0.2, 0) is 0 Å². The largest absolute Gasteiger partial charge is 0.0576 e. The molecule has 0 radical (unpaired) electrons. The van der Waals surface area contributed by atoms with Crippen molar-refractivity contribution in [2.45, 2.75) is 20.8 Å². The highest BCUT2D eigenvalue weighted by atomic mass is 79.9. The van der Waals surface area contributed by atoms with E-state index in [-0.39, 0.29) is 0 Å². The Labute approximate surface area is 105 Å². The van der Waals surface area contributed by atoms with Crippen molar-refractivity contribution in [1.29, 1.82) is 0 Å². The van der Waals surface area contributed by atoms with Gasteiger partial charge in [0.2, 0.25) is 0 Å². The number of hydrogen-bond donors (Lipinski definition) is 0. The quantitative estimate of drug-likeness (QED) is 0.683. The summed E-state index contributed by atoms with van der Waals surface area (Å²) in [4.78, 5) is 0. The predicted molar refractivity (Wildman–Crippen MR) is 73.8 cm³/mol. The molecule has 2 aromatic rings. The van der Waals surface area contributed by atoms with Crippen LogP contribution in [0.3, 0.4) is 0 Å². The van der Waals surface area contributed by atoms with Gasteiger partial charge in [-0.15, -0.1) is 0 Å². The van der Waals surface area contributed by atoms with Crippen molar-refractivity contribution < 1.29 is 0 Å². The molecule has 0 aliphatic heterocycles. The van der Waals surface area contributed by atoms with Gasteiger partial charge in [0, 0.05) is 4.47 Å². The minimum atomic E-state index is 1.13. The van der Waals surface area contributed by atoms with Crippen molar-refractivity contribution in [3.63, 3.8) is 0 Å². The Morgan fingerprint density at radius 2 is 1.44 bits per heavy atom. The second kappa shape index (κ2) is 4.42. The molecule has 0 atom stereocenters. The first-order chi connectivity index (χ1) is 7.56. The number of benzene rings is 2. The summed E-state index contributed by atoms with van der Waals surface area (Å²) in [5.74, 6) is 0. The van der Waals surface area contributed by atoms with E-state index in [1.807, 2.05) is 0 Å². The summed E-state index contributed by atoms with van der Waals surface area (Å²) < 4.78 is 1.13. The van der Waals surface area contributed by atoms with E-state index >= 15 is 0 Å². The van der Waals surface area contributed by atoms with E-state index in [1.165, 1.54) is 27.8 Å². The fraction of sp³-hybridized carbons (Fsp3) is 0.200. The van der Waals surface area contributed by atoms with Gasteiger partial charge < -0.3 is 0 Å². The van der Waals surface area contributed by atoms with Crippen LogP contribution in [-0.4, -0.2) is 0 Å². The molecule has 82 valence electrons. The molecule has 0 nitrogen and oxygen atoms in total. The van der Waals surface area contributed by atoms with Gasteiger partial charge in [-0.25, -0.2) is 0 Å². The van der Waals surface area contributed by atoms with Crippen molar-refractivity contribution in [2.24, 2.45) is 0 Å². The maximum absolute atomic E-state index is 3.53. The molecule has 2 rings (SSSR count). The first-order valence-electron chi connectivity index (χ1n) is 5.41. The zero-order valence-corrected chi connectivity index (χ0v) is 11.4. The molecule has 0 fully saturated rings. The zero-order valence-electron chi connectivity index (χ0n) is 9.84. The number of rotatable bonds is 1. The van der Waals surface area contributed by atoms with Crippen LogP contribution in [0.1, 0.15) is 16.7 Å². The van der Waals surface area contributed by atoms with Gasteiger partial charge >= 0.3 is 0 Å². The fourth-order valence-electron chi connectivity index (χ4n) is 2.04. The smallest absolute Gasteiger partial charge is 0.0181 e. The fourth-order valence-corrected chi connectivity index (χ4v) is 2.40. The molecule has 1 heteroatoms. The molecule has 16 heavy (non-hydrogen) atoms. The molecule has 0 amide bonds. The molecule has 0 saturated heterocycles. The Morgan fingerprint density at radius 1 is 0.812 bits per heavy atom. The Bertz CT molecular complexity index is 507. The Kier molecular flexibility index (Phi) is 3.15. The third-order valence-electron chi connectivity index (χ3n) is 2.73. The molecule has 0 unspecified atom stereocenters. The Hall–Kier alpha value is -1.08. The molecule has 0 aromatic heterocycles. The van der Waals surface area contributed by atoms with E-state index in [0.717, 1.165) is 4.47 Å². The summed E-state index contributed by atoms with van der Waals surface area (Å²) in [5, 5.41) is 0. The standard InChI is InChI=1S/C15H15Br/c1-10-6-11(2)8-13(7-10)15-9-14(16)5-4-12(15)3/h4-9H,1-3H3. The first kappa shape index (κ1) is 11.4. The highest BCUT2D eigenvalue weighted by Gasteiger charge is 2.03. The molecule has 2 aromatic carbocycles. The van der Waals surface area contributed by atoms with Crippen LogP contribution in [0, 0.1) is 20.8 Å². The van der Waals surface area contributed by atoms with Gasteiger partial charge in [-0.1, -0.05) is 51.3 Å². The van der Waals surface area contributed by atoms with Gasteiger partial charge in [0.05, 0.1) is 0 Å². The molecule has 0 aliphatic rings. The predicted octanol–water partition coefficient (Wildman–Crippen LogP) is 5.04. The van der Waals surface area contributed by atoms with Gasteiger partial charge in [-0.05, 0) is 49.6 Å². The van der Waals surface area contributed by atoms with Crippen LogP contribution in [0.15, 0.2) is 40.9 Å². The topological polar surface area (TPSA) is 0 Å². The lowest BCUT2D eigenvalue weighted by molar-refractivity contribution is 1.37. The van der Waals surface area contributed by atoms with Crippen LogP contribution in [0.4, 0.5) is 0 Å². The van der Waals surface area contributed by atoms with Crippen molar-refractivity contribution in [1.82, 2.24) is 0 Å². The van der Waals surface area contributed by atoms with Crippen molar-refractivity contribution in [3.05, 3.63) is 57.6 Å². The van der Waals surface area contributed by atoms with Crippen molar-refractivity contribution in [2.75, 3.05) is 0 Å². The van der Waals surface area contributed by atoms with Crippen molar-refractivity contribution in [3.8, 4) is 11.1 Å². The lowest BCUT2D eigenvalue weighted by Gasteiger charge is -2.09. The highest BCUT2D eigenvalue weighted by molar-refractivity contribution is 9.10. The average Bonchev–Trinajstić information content (AvgIpc) is 2.20. The molecule has 0 spiro atoms. The average molecular weight is 275 g/mol. The van der Waals surface area contributed by atoms with Crippen LogP contribution in [0.25, 0.3) is 11.1 Å². The Balaban J connectivity index is 2.62. The summed E-state index contributed by atoms with van der Waals surface area (Å²) in [6.07, 6.45) is 0. The van der Waals surface area contributed by atoms with Crippen LogP contribution < -0.4 is 0 Å². The van der Waals surface area contributed by atoms with Gasteiger partial charge in [0.15, 0.2) is 0 Å². The third kappa shape index (κ3) is 2.35. The van der Waals surface area contributed by atoms with Gasteiger partial charge in [-0.3, -0.25) is 0 Å². The van der Waals surface area contributed by atoms with E-state index in [0.29, 0.717) is 0 Å². The summed E-state index contributed by atoms with van der Waals surface area (Å²) in [6.45, 7) is 6.44. The molecule has 0 bridgehead atoms. The van der Waals surface area contributed by atoms with E-state index in [2.05, 4.69) is 73.1 Å². The van der Waals surface area contributed by atoms with E-state index < -0.39 is 0 Å². The summed E-state index contributed by atoms with van der Waals surface area (Å²) >= 11 is 3.53. The minimum absolute atomic E-state index is 1.13. The monoisotopic (exact) mass is 274 g/mol. The van der Waals surface area contributed by atoms with E-state index in [9.17, 15) is 0 Å².